The third-order valence-electron chi connectivity index (χ3n) is 3.96. The lowest BCUT2D eigenvalue weighted by Crippen LogP contribution is -1.83. The van der Waals surface area contributed by atoms with Crippen LogP contribution < -0.4 is 0 Å². The molecule has 0 spiro atoms. The maximum Gasteiger partial charge on any atom is 0.116 e. The molecule has 0 aliphatic rings. The van der Waals surface area contributed by atoms with E-state index < -0.39 is 0 Å². The molecule has 2 heterocycles. The van der Waals surface area contributed by atoms with Crippen LogP contribution in [0.3, 0.4) is 0 Å². The molecule has 0 amide bonds. The van der Waals surface area contributed by atoms with Gasteiger partial charge in [-0.15, -0.1) is 22.7 Å². The molecule has 0 atom stereocenters. The lowest BCUT2D eigenvalue weighted by molar-refractivity contribution is 1.35. The van der Waals surface area contributed by atoms with E-state index in [2.05, 4.69) is 70.6 Å². The third kappa shape index (κ3) is 4.88. The summed E-state index contributed by atoms with van der Waals surface area (Å²) in [5, 5.41) is 2.04. The number of rotatable bonds is 6. The molecule has 0 aliphatic carbocycles. The van der Waals surface area contributed by atoms with Crippen LogP contribution in [0.25, 0.3) is 9.75 Å². The number of aliphatic imine (C=N–C) groups is 2. The van der Waals surface area contributed by atoms with Gasteiger partial charge in [-0.2, -0.15) is 0 Å². The van der Waals surface area contributed by atoms with E-state index in [1.54, 1.807) is 22.7 Å². The quantitative estimate of drug-likeness (QED) is 0.314. The largest absolute Gasteiger partial charge is 0.250 e. The van der Waals surface area contributed by atoms with Crippen LogP contribution in [0, 0.1) is 0 Å². The second-order valence-corrected chi connectivity index (χ2v) is 8.07. The highest BCUT2D eigenvalue weighted by Gasteiger charge is 2.05. The highest BCUT2D eigenvalue weighted by atomic mass is 32.1. The van der Waals surface area contributed by atoms with Gasteiger partial charge in [0.05, 0.1) is 0 Å². The van der Waals surface area contributed by atoms with E-state index in [4.69, 9.17) is 0 Å². The summed E-state index contributed by atoms with van der Waals surface area (Å²) in [6.45, 7) is 0. The van der Waals surface area contributed by atoms with Crippen LogP contribution in [0.4, 0.5) is 10.0 Å². The summed E-state index contributed by atoms with van der Waals surface area (Å²) in [5.41, 5.74) is 2.39. The Bertz CT molecular complexity index is 1040. The second-order valence-electron chi connectivity index (χ2n) is 5.95. The van der Waals surface area contributed by atoms with Crippen LogP contribution >= 0.6 is 22.7 Å². The molecule has 2 nitrogen and oxygen atoms in total. The topological polar surface area (TPSA) is 24.7 Å². The lowest BCUT2D eigenvalue weighted by Gasteiger charge is -1.93. The molecule has 4 heteroatoms. The van der Waals surface area contributed by atoms with Crippen molar-refractivity contribution in [2.24, 2.45) is 9.98 Å². The van der Waals surface area contributed by atoms with Crippen molar-refractivity contribution < 1.29 is 0 Å². The molecule has 0 saturated heterocycles. The van der Waals surface area contributed by atoms with Crippen LogP contribution in [0.15, 0.2) is 94.9 Å². The van der Waals surface area contributed by atoms with Crippen molar-refractivity contribution in [1.29, 1.82) is 0 Å². The van der Waals surface area contributed by atoms with E-state index in [0.29, 0.717) is 0 Å². The number of hydrogen-bond donors (Lipinski definition) is 0. The molecule has 0 saturated carbocycles. The molecule has 2 aromatic carbocycles. The summed E-state index contributed by atoms with van der Waals surface area (Å²) < 4.78 is 0. The zero-order chi connectivity index (χ0) is 18.3. The number of hydrogen-bond acceptors (Lipinski definition) is 4. The normalized spacial score (nSPS) is 11.6. The molecule has 4 aromatic rings. The Kier molecular flexibility index (Phi) is 5.67. The average Bonchev–Trinajstić information content (AvgIpc) is 3.37. The molecule has 0 N–H and O–H groups in total. The van der Waals surface area contributed by atoms with Crippen molar-refractivity contribution in [3.05, 3.63) is 96.1 Å². The molecule has 27 heavy (non-hydrogen) atoms. The molecule has 0 fully saturated rings. The highest BCUT2D eigenvalue weighted by Crippen LogP contribution is 2.39. The first-order valence-electron chi connectivity index (χ1n) is 8.72. The van der Waals surface area contributed by atoms with E-state index >= 15 is 0 Å². The molecular formula is C23H18N2S2. The summed E-state index contributed by atoms with van der Waals surface area (Å²) in [6, 6.07) is 29.0. The van der Waals surface area contributed by atoms with Gasteiger partial charge < -0.3 is 0 Å². The van der Waals surface area contributed by atoms with E-state index in [1.807, 2.05) is 36.7 Å². The minimum absolute atomic E-state index is 0.853. The van der Waals surface area contributed by atoms with Crippen molar-refractivity contribution in [3.8, 4) is 9.75 Å². The Labute approximate surface area is 167 Å². The van der Waals surface area contributed by atoms with Crippen LogP contribution in [-0.2, 0) is 6.42 Å². The minimum Gasteiger partial charge on any atom is -0.250 e. The molecule has 0 unspecified atom stereocenters. The Balaban J connectivity index is 1.41. The van der Waals surface area contributed by atoms with Crippen molar-refractivity contribution in [3.63, 3.8) is 0 Å². The van der Waals surface area contributed by atoms with Gasteiger partial charge in [-0.1, -0.05) is 60.7 Å². The SMILES string of the molecule is C(/Cc1ccccc1)=N\c1ccc(-c2ccc(/N=C/c3ccccc3)s2)s1. The van der Waals surface area contributed by atoms with Gasteiger partial charge in [-0.25, -0.2) is 4.99 Å². The molecule has 132 valence electrons. The molecule has 2 aromatic heterocycles. The monoisotopic (exact) mass is 386 g/mol. The summed E-state index contributed by atoms with van der Waals surface area (Å²) in [5.74, 6) is 0. The molecule has 0 aliphatic heterocycles. The predicted molar refractivity (Wildman–Crippen MR) is 120 cm³/mol. The fourth-order valence-electron chi connectivity index (χ4n) is 2.59. The molecule has 0 radical (unpaired) electrons. The van der Waals surface area contributed by atoms with Crippen LogP contribution in [-0.4, -0.2) is 12.4 Å². The zero-order valence-electron chi connectivity index (χ0n) is 14.7. The number of nitrogens with zero attached hydrogens (tertiary/aromatic N) is 2. The van der Waals surface area contributed by atoms with Crippen molar-refractivity contribution >= 4 is 45.1 Å². The molecular weight excluding hydrogens is 368 g/mol. The Morgan fingerprint density at radius 2 is 1.22 bits per heavy atom. The lowest BCUT2D eigenvalue weighted by atomic mass is 10.2. The third-order valence-corrected chi connectivity index (χ3v) is 6.14. The summed E-state index contributed by atoms with van der Waals surface area (Å²) in [4.78, 5) is 11.6. The van der Waals surface area contributed by atoms with Gasteiger partial charge in [-0.3, -0.25) is 4.99 Å². The fraction of sp³-hybridized carbons (Fsp3) is 0.0435. The maximum absolute atomic E-state index is 4.60. The van der Waals surface area contributed by atoms with E-state index in [-0.39, 0.29) is 0 Å². The van der Waals surface area contributed by atoms with Gasteiger partial charge in [-0.05, 0) is 35.4 Å². The first-order chi connectivity index (χ1) is 13.4. The molecule has 4 rings (SSSR count). The van der Waals surface area contributed by atoms with E-state index in [1.165, 1.54) is 15.3 Å². The van der Waals surface area contributed by atoms with Crippen molar-refractivity contribution in [2.75, 3.05) is 0 Å². The van der Waals surface area contributed by atoms with Gasteiger partial charge in [0.2, 0.25) is 0 Å². The van der Waals surface area contributed by atoms with Crippen LogP contribution in [0.1, 0.15) is 11.1 Å². The van der Waals surface area contributed by atoms with E-state index in [9.17, 15) is 0 Å². The van der Waals surface area contributed by atoms with Crippen molar-refractivity contribution in [2.45, 2.75) is 6.42 Å². The summed E-state index contributed by atoms with van der Waals surface area (Å²) in [6.07, 6.45) is 4.74. The number of benzene rings is 2. The Morgan fingerprint density at radius 3 is 1.89 bits per heavy atom. The first kappa shape index (κ1) is 17.6. The minimum atomic E-state index is 0.853. The maximum atomic E-state index is 4.60. The predicted octanol–water partition coefficient (Wildman–Crippen LogP) is 7.17. The standard InChI is InChI=1S/C23H18N2S2/c1-3-7-18(8-4-1)15-16-24-22-13-11-20(26-22)21-12-14-23(27-21)25-17-19-9-5-2-6-10-19/h1-14,16-17H,15H2/b24-16+,25-17+. The first-order valence-corrected chi connectivity index (χ1v) is 10.4. The zero-order valence-corrected chi connectivity index (χ0v) is 16.3. The summed E-state index contributed by atoms with van der Waals surface area (Å²) in [7, 11) is 0. The summed E-state index contributed by atoms with van der Waals surface area (Å²) >= 11 is 3.41. The fourth-order valence-corrected chi connectivity index (χ4v) is 4.41. The molecule has 0 bridgehead atoms. The van der Waals surface area contributed by atoms with Crippen LogP contribution in [0.5, 0.6) is 0 Å². The average molecular weight is 387 g/mol. The van der Waals surface area contributed by atoms with Crippen LogP contribution in [0.2, 0.25) is 0 Å². The Morgan fingerprint density at radius 1 is 0.630 bits per heavy atom. The highest BCUT2D eigenvalue weighted by molar-refractivity contribution is 7.25. The Hall–Kier alpha value is -2.82. The number of thiophene rings is 2. The second kappa shape index (κ2) is 8.71. The van der Waals surface area contributed by atoms with Crippen molar-refractivity contribution in [1.82, 2.24) is 0 Å². The van der Waals surface area contributed by atoms with Gasteiger partial charge in [0.25, 0.3) is 0 Å². The van der Waals surface area contributed by atoms with Gasteiger partial charge in [0.15, 0.2) is 0 Å². The smallest absolute Gasteiger partial charge is 0.116 e. The van der Waals surface area contributed by atoms with Gasteiger partial charge >= 0.3 is 0 Å². The van der Waals surface area contributed by atoms with E-state index in [0.717, 1.165) is 22.0 Å². The van der Waals surface area contributed by atoms with Gasteiger partial charge in [0, 0.05) is 28.6 Å². The van der Waals surface area contributed by atoms with Gasteiger partial charge in [0.1, 0.15) is 10.0 Å².